The van der Waals surface area contributed by atoms with Gasteiger partial charge in [-0.3, -0.25) is 4.28 Å². The van der Waals surface area contributed by atoms with Crippen molar-refractivity contribution in [2.45, 2.75) is 6.92 Å². The summed E-state index contributed by atoms with van der Waals surface area (Å²) in [5, 5.41) is 13.3. The summed E-state index contributed by atoms with van der Waals surface area (Å²) in [6, 6.07) is 8.69. The van der Waals surface area contributed by atoms with Crippen molar-refractivity contribution in [3.05, 3.63) is 52.4 Å². The van der Waals surface area contributed by atoms with E-state index in [1.165, 1.54) is 6.08 Å². The third-order valence-electron chi connectivity index (χ3n) is 2.90. The summed E-state index contributed by atoms with van der Waals surface area (Å²) in [4.78, 5) is 12.6. The van der Waals surface area contributed by atoms with Gasteiger partial charge in [0.25, 0.3) is 0 Å². The number of nitrogens with zero attached hydrogens (tertiary/aromatic N) is 2. The van der Waals surface area contributed by atoms with E-state index in [0.717, 1.165) is 18.0 Å². The highest BCUT2D eigenvalue weighted by molar-refractivity contribution is 8.18. The van der Waals surface area contributed by atoms with Crippen molar-refractivity contribution in [1.82, 2.24) is 0 Å². The molecule has 1 aromatic rings. The molecular formula is C16H14N2O5S2. The average Bonchev–Trinajstić information content (AvgIpc) is 3.02. The molecule has 0 radical (unpaired) electrons. The van der Waals surface area contributed by atoms with Gasteiger partial charge in [0, 0.05) is 10.5 Å². The van der Waals surface area contributed by atoms with Crippen LogP contribution in [-0.4, -0.2) is 32.3 Å². The van der Waals surface area contributed by atoms with Crippen molar-refractivity contribution in [2.24, 2.45) is 5.16 Å². The monoisotopic (exact) mass is 378 g/mol. The Hall–Kier alpha value is -2.57. The minimum atomic E-state index is -3.71. The maximum atomic E-state index is 12.1. The average molecular weight is 378 g/mol. The normalized spacial score (nSPS) is 17.2. The van der Waals surface area contributed by atoms with Crippen LogP contribution in [0.4, 0.5) is 0 Å². The van der Waals surface area contributed by atoms with Crippen LogP contribution >= 0.6 is 11.8 Å². The zero-order valence-corrected chi connectivity index (χ0v) is 15.1. The van der Waals surface area contributed by atoms with Crippen molar-refractivity contribution >= 4 is 38.5 Å². The fourth-order valence-electron chi connectivity index (χ4n) is 1.95. The van der Waals surface area contributed by atoms with Crippen molar-refractivity contribution in [2.75, 3.05) is 12.9 Å². The van der Waals surface area contributed by atoms with Gasteiger partial charge in [0.05, 0.1) is 24.0 Å². The molecule has 0 spiro atoms. The van der Waals surface area contributed by atoms with Crippen molar-refractivity contribution in [1.29, 1.82) is 5.26 Å². The quantitative estimate of drug-likeness (QED) is 0.440. The summed E-state index contributed by atoms with van der Waals surface area (Å²) in [5.41, 5.74) is 0.968. The number of hydrogen-bond donors (Lipinski definition) is 0. The lowest BCUT2D eigenvalue weighted by molar-refractivity contribution is 0.0526. The molecule has 1 aromatic carbocycles. The molecule has 0 unspecified atom stereocenters. The van der Waals surface area contributed by atoms with Gasteiger partial charge in [0.2, 0.25) is 0 Å². The molecule has 7 nitrogen and oxygen atoms in total. The first kappa shape index (κ1) is 18.8. The molecule has 0 fully saturated rings. The van der Waals surface area contributed by atoms with Gasteiger partial charge in [0.1, 0.15) is 11.1 Å². The van der Waals surface area contributed by atoms with Crippen LogP contribution in [0.1, 0.15) is 22.8 Å². The first-order valence-corrected chi connectivity index (χ1v) is 9.72. The van der Waals surface area contributed by atoms with Gasteiger partial charge in [-0.1, -0.05) is 35.1 Å². The van der Waals surface area contributed by atoms with Gasteiger partial charge >= 0.3 is 16.1 Å². The van der Waals surface area contributed by atoms with Gasteiger partial charge in [-0.15, -0.1) is 0 Å². The Kier molecular flexibility index (Phi) is 6.01. The number of allylic oxidation sites excluding steroid dienone is 2. The lowest BCUT2D eigenvalue weighted by Crippen LogP contribution is -2.07. The zero-order chi connectivity index (χ0) is 18.4. The Morgan fingerprint density at radius 2 is 1.96 bits per heavy atom. The standard InChI is InChI=1S/C16H14N2O5S2/c1-3-22-16(19)12-7-5-4-6-11(12)13(10-17)14-8-9-15(24-14)18-23-25(2,20)21/h4-9H,3H2,1-2H3. The maximum absolute atomic E-state index is 12.1. The number of thioether (sulfide) groups is 1. The Morgan fingerprint density at radius 3 is 2.56 bits per heavy atom. The van der Waals surface area contributed by atoms with Crippen LogP contribution in [0.5, 0.6) is 0 Å². The van der Waals surface area contributed by atoms with Crippen LogP contribution in [0.2, 0.25) is 0 Å². The summed E-state index contributed by atoms with van der Waals surface area (Å²) < 4.78 is 31.4. The first-order valence-electron chi connectivity index (χ1n) is 7.09. The second kappa shape index (κ2) is 8.00. The Labute approximate surface area is 149 Å². The van der Waals surface area contributed by atoms with Crippen molar-refractivity contribution in [3.8, 4) is 6.07 Å². The molecule has 0 atom stereocenters. The number of carbonyl (C=O) groups is 1. The Balaban J connectivity index is 2.39. The molecule has 1 heterocycles. The van der Waals surface area contributed by atoms with Crippen LogP contribution in [0, 0.1) is 11.3 Å². The summed E-state index contributed by atoms with van der Waals surface area (Å²) >= 11 is 1.07. The molecule has 0 N–H and O–H groups in total. The van der Waals surface area contributed by atoms with E-state index in [-0.39, 0.29) is 22.8 Å². The van der Waals surface area contributed by atoms with E-state index < -0.39 is 16.1 Å². The lowest BCUT2D eigenvalue weighted by Gasteiger charge is -2.09. The summed E-state index contributed by atoms with van der Waals surface area (Å²) in [6.07, 6.45) is 4.01. The van der Waals surface area contributed by atoms with E-state index in [1.54, 1.807) is 37.3 Å². The number of nitriles is 1. The highest BCUT2D eigenvalue weighted by atomic mass is 32.2. The number of benzene rings is 1. The fourth-order valence-corrected chi connectivity index (χ4v) is 3.04. The van der Waals surface area contributed by atoms with E-state index in [2.05, 4.69) is 15.5 Å². The fraction of sp³-hybridized carbons (Fsp3) is 0.188. The van der Waals surface area contributed by atoms with Gasteiger partial charge < -0.3 is 4.74 Å². The minimum Gasteiger partial charge on any atom is -0.462 e. The number of ether oxygens (including phenoxy) is 1. The SMILES string of the molecule is CCOC(=O)c1ccccc1C(C#N)=C1C=CC(=NOS(C)(=O)=O)S1. The largest absolute Gasteiger partial charge is 0.462 e. The molecule has 130 valence electrons. The van der Waals surface area contributed by atoms with Gasteiger partial charge in [-0.25, -0.2) is 4.79 Å². The second-order valence-electron chi connectivity index (χ2n) is 4.76. The molecule has 0 amide bonds. The van der Waals surface area contributed by atoms with E-state index in [0.29, 0.717) is 10.5 Å². The number of rotatable bonds is 5. The Morgan fingerprint density at radius 1 is 1.28 bits per heavy atom. The molecule has 0 saturated heterocycles. The van der Waals surface area contributed by atoms with Crippen LogP contribution in [0.3, 0.4) is 0 Å². The van der Waals surface area contributed by atoms with Crippen LogP contribution in [0.15, 0.2) is 46.5 Å². The van der Waals surface area contributed by atoms with Crippen LogP contribution < -0.4 is 0 Å². The summed E-state index contributed by atoms with van der Waals surface area (Å²) in [7, 11) is -3.71. The van der Waals surface area contributed by atoms with Gasteiger partial charge in [-0.2, -0.15) is 13.7 Å². The predicted octanol–water partition coefficient (Wildman–Crippen LogP) is 2.69. The zero-order valence-electron chi connectivity index (χ0n) is 13.4. The molecule has 9 heteroatoms. The number of hydrogen-bond acceptors (Lipinski definition) is 8. The topological polar surface area (TPSA) is 106 Å². The smallest absolute Gasteiger partial charge is 0.338 e. The lowest BCUT2D eigenvalue weighted by atomic mass is 10.00. The molecule has 0 aliphatic carbocycles. The van der Waals surface area contributed by atoms with Gasteiger partial charge in [-0.05, 0) is 25.1 Å². The van der Waals surface area contributed by atoms with Crippen molar-refractivity contribution < 1.29 is 22.2 Å². The third-order valence-corrected chi connectivity index (χ3v) is 4.23. The number of carbonyl (C=O) groups excluding carboxylic acids is 1. The summed E-state index contributed by atoms with van der Waals surface area (Å²) in [6.45, 7) is 1.92. The van der Waals surface area contributed by atoms with Crippen molar-refractivity contribution in [3.63, 3.8) is 0 Å². The molecule has 0 aromatic heterocycles. The van der Waals surface area contributed by atoms with Gasteiger partial charge in [0.15, 0.2) is 0 Å². The molecule has 0 bridgehead atoms. The molecular weight excluding hydrogens is 364 g/mol. The number of esters is 1. The molecule has 2 rings (SSSR count). The van der Waals surface area contributed by atoms with Crippen LogP contribution in [-0.2, 0) is 19.1 Å². The highest BCUT2D eigenvalue weighted by Gasteiger charge is 2.21. The van der Waals surface area contributed by atoms with Crippen LogP contribution in [0.25, 0.3) is 5.57 Å². The highest BCUT2D eigenvalue weighted by Crippen LogP contribution is 2.35. The van der Waals surface area contributed by atoms with E-state index >= 15 is 0 Å². The summed E-state index contributed by atoms with van der Waals surface area (Å²) in [5.74, 6) is -0.521. The van der Waals surface area contributed by atoms with E-state index in [9.17, 15) is 18.5 Å². The molecule has 0 saturated carbocycles. The number of oxime groups is 1. The first-order chi connectivity index (χ1) is 11.9. The maximum Gasteiger partial charge on any atom is 0.338 e. The Bertz CT molecular complexity index is 924. The van der Waals surface area contributed by atoms with E-state index in [1.807, 2.05) is 0 Å². The third kappa shape index (κ3) is 4.95. The van der Waals surface area contributed by atoms with E-state index in [4.69, 9.17) is 4.74 Å². The molecule has 1 aliphatic heterocycles. The predicted molar refractivity (Wildman–Crippen MR) is 95.0 cm³/mol. The molecule has 25 heavy (non-hydrogen) atoms. The molecule has 1 aliphatic rings. The minimum absolute atomic E-state index is 0.222. The second-order valence-corrected chi connectivity index (χ2v) is 7.38.